The Balaban J connectivity index is 2.02. The highest BCUT2D eigenvalue weighted by molar-refractivity contribution is 5.76. The number of hydrogen-bond acceptors (Lipinski definition) is 2. The van der Waals surface area contributed by atoms with Gasteiger partial charge in [0.25, 0.3) is 0 Å². The molecular weight excluding hydrogens is 270 g/mol. The van der Waals surface area contributed by atoms with E-state index in [-0.39, 0.29) is 0 Å². The second kappa shape index (κ2) is 6.81. The van der Waals surface area contributed by atoms with Gasteiger partial charge in [0.2, 0.25) is 0 Å². The number of benzene rings is 3. The predicted molar refractivity (Wildman–Crippen MR) is 92.3 cm³/mol. The van der Waals surface area contributed by atoms with Crippen molar-refractivity contribution in [2.45, 2.75) is 6.92 Å². The summed E-state index contributed by atoms with van der Waals surface area (Å²) in [5, 5.41) is 0. The highest BCUT2D eigenvalue weighted by Gasteiger charge is 2.11. The smallest absolute Gasteiger partial charge is 0.119 e. The first-order chi connectivity index (χ1) is 10.9. The molecule has 0 atom stereocenters. The molecule has 22 heavy (non-hydrogen) atoms. The van der Waals surface area contributed by atoms with E-state index in [9.17, 15) is 0 Å². The lowest BCUT2D eigenvalue weighted by atomic mass is 10.2. The first kappa shape index (κ1) is 14.2. The molecular formula is C20H19NO. The average Bonchev–Trinajstić information content (AvgIpc) is 2.59. The van der Waals surface area contributed by atoms with Crippen LogP contribution in [0.3, 0.4) is 0 Å². The van der Waals surface area contributed by atoms with Crippen molar-refractivity contribution < 1.29 is 4.74 Å². The van der Waals surface area contributed by atoms with Crippen LogP contribution in [0, 0.1) is 0 Å². The van der Waals surface area contributed by atoms with E-state index in [4.69, 9.17) is 4.74 Å². The lowest BCUT2D eigenvalue weighted by Crippen LogP contribution is -2.09. The number of nitrogens with zero attached hydrogens (tertiary/aromatic N) is 1. The maximum atomic E-state index is 5.53. The molecule has 0 aliphatic rings. The minimum atomic E-state index is 0.681. The molecule has 2 heteroatoms. The highest BCUT2D eigenvalue weighted by atomic mass is 16.5. The molecule has 3 rings (SSSR count). The first-order valence-corrected chi connectivity index (χ1v) is 7.51. The van der Waals surface area contributed by atoms with Crippen LogP contribution in [0.2, 0.25) is 0 Å². The van der Waals surface area contributed by atoms with Gasteiger partial charge in [0, 0.05) is 17.1 Å². The van der Waals surface area contributed by atoms with E-state index in [0.29, 0.717) is 6.61 Å². The number of para-hydroxylation sites is 2. The van der Waals surface area contributed by atoms with Gasteiger partial charge in [-0.25, -0.2) is 0 Å². The van der Waals surface area contributed by atoms with Crippen molar-refractivity contribution in [3.63, 3.8) is 0 Å². The Morgan fingerprint density at radius 3 is 1.55 bits per heavy atom. The van der Waals surface area contributed by atoms with Crippen LogP contribution in [0.1, 0.15) is 6.92 Å². The van der Waals surface area contributed by atoms with Gasteiger partial charge < -0.3 is 9.64 Å². The number of rotatable bonds is 5. The van der Waals surface area contributed by atoms with Gasteiger partial charge in [-0.2, -0.15) is 0 Å². The lowest BCUT2D eigenvalue weighted by molar-refractivity contribution is 0.340. The van der Waals surface area contributed by atoms with Crippen molar-refractivity contribution in [3.05, 3.63) is 84.9 Å². The van der Waals surface area contributed by atoms with Gasteiger partial charge in [-0.05, 0) is 55.5 Å². The van der Waals surface area contributed by atoms with Gasteiger partial charge in [-0.15, -0.1) is 0 Å². The summed E-state index contributed by atoms with van der Waals surface area (Å²) < 4.78 is 5.53. The molecule has 0 spiro atoms. The quantitative estimate of drug-likeness (QED) is 0.610. The molecule has 0 bridgehead atoms. The zero-order valence-electron chi connectivity index (χ0n) is 12.6. The van der Waals surface area contributed by atoms with E-state index < -0.39 is 0 Å². The molecule has 0 heterocycles. The van der Waals surface area contributed by atoms with Gasteiger partial charge in [0.1, 0.15) is 5.75 Å². The SMILES string of the molecule is CCOc1ccc(N(c2ccccc2)c2ccccc2)cc1. The molecule has 0 saturated carbocycles. The van der Waals surface area contributed by atoms with Crippen molar-refractivity contribution in [1.29, 1.82) is 0 Å². The fraction of sp³-hybridized carbons (Fsp3) is 0.100. The van der Waals surface area contributed by atoms with Crippen LogP contribution in [0.4, 0.5) is 17.1 Å². The molecule has 3 aromatic rings. The van der Waals surface area contributed by atoms with Gasteiger partial charge in [-0.1, -0.05) is 36.4 Å². The van der Waals surface area contributed by atoms with Crippen molar-refractivity contribution in [1.82, 2.24) is 0 Å². The number of ether oxygens (including phenoxy) is 1. The Kier molecular flexibility index (Phi) is 4.40. The number of hydrogen-bond donors (Lipinski definition) is 0. The Morgan fingerprint density at radius 1 is 0.636 bits per heavy atom. The summed E-state index contributed by atoms with van der Waals surface area (Å²) in [7, 11) is 0. The summed E-state index contributed by atoms with van der Waals surface area (Å²) in [6.07, 6.45) is 0. The number of anilines is 3. The minimum absolute atomic E-state index is 0.681. The molecule has 0 aliphatic heterocycles. The van der Waals surface area contributed by atoms with Crippen molar-refractivity contribution in [2.24, 2.45) is 0 Å². The van der Waals surface area contributed by atoms with Crippen LogP contribution in [0.25, 0.3) is 0 Å². The maximum absolute atomic E-state index is 5.53. The second-order valence-electron chi connectivity index (χ2n) is 4.93. The summed E-state index contributed by atoms with van der Waals surface area (Å²) in [6.45, 7) is 2.68. The Bertz CT molecular complexity index is 653. The summed E-state index contributed by atoms with van der Waals surface area (Å²) in [5.41, 5.74) is 3.39. The highest BCUT2D eigenvalue weighted by Crippen LogP contribution is 2.34. The first-order valence-electron chi connectivity index (χ1n) is 7.51. The molecule has 0 saturated heterocycles. The Morgan fingerprint density at radius 2 is 1.09 bits per heavy atom. The maximum Gasteiger partial charge on any atom is 0.119 e. The van der Waals surface area contributed by atoms with Crippen LogP contribution >= 0.6 is 0 Å². The van der Waals surface area contributed by atoms with Crippen LogP contribution in [-0.2, 0) is 0 Å². The molecule has 0 radical (unpaired) electrons. The molecule has 0 aromatic heterocycles. The zero-order chi connectivity index (χ0) is 15.2. The lowest BCUT2D eigenvalue weighted by Gasteiger charge is -2.25. The van der Waals surface area contributed by atoms with Crippen LogP contribution in [0.15, 0.2) is 84.9 Å². The molecule has 3 aromatic carbocycles. The third-order valence-corrected chi connectivity index (χ3v) is 3.43. The third kappa shape index (κ3) is 3.12. The summed E-state index contributed by atoms with van der Waals surface area (Å²) in [5.74, 6) is 0.896. The van der Waals surface area contributed by atoms with E-state index in [0.717, 1.165) is 22.8 Å². The molecule has 0 unspecified atom stereocenters. The molecule has 0 aliphatic carbocycles. The predicted octanol–water partition coefficient (Wildman–Crippen LogP) is 5.56. The van der Waals surface area contributed by atoms with Crippen molar-refractivity contribution >= 4 is 17.1 Å². The fourth-order valence-corrected chi connectivity index (χ4v) is 2.46. The van der Waals surface area contributed by atoms with E-state index in [1.807, 2.05) is 31.2 Å². The Hall–Kier alpha value is -2.74. The van der Waals surface area contributed by atoms with Crippen molar-refractivity contribution in [2.75, 3.05) is 11.5 Å². The Labute approximate surface area is 131 Å². The monoisotopic (exact) mass is 289 g/mol. The second-order valence-corrected chi connectivity index (χ2v) is 4.93. The topological polar surface area (TPSA) is 12.5 Å². The van der Waals surface area contributed by atoms with E-state index in [1.165, 1.54) is 0 Å². The van der Waals surface area contributed by atoms with Crippen LogP contribution in [0.5, 0.6) is 5.75 Å². The summed E-state index contributed by atoms with van der Waals surface area (Å²) >= 11 is 0. The minimum Gasteiger partial charge on any atom is -0.494 e. The third-order valence-electron chi connectivity index (χ3n) is 3.43. The molecule has 0 fully saturated rings. The summed E-state index contributed by atoms with van der Waals surface area (Å²) in [4.78, 5) is 2.23. The van der Waals surface area contributed by atoms with E-state index >= 15 is 0 Å². The normalized spacial score (nSPS) is 10.2. The molecule has 0 N–H and O–H groups in total. The van der Waals surface area contributed by atoms with Crippen LogP contribution in [-0.4, -0.2) is 6.61 Å². The molecule has 110 valence electrons. The standard InChI is InChI=1S/C20H19NO/c1-2-22-20-15-13-19(14-16-20)21(17-9-5-3-6-10-17)18-11-7-4-8-12-18/h3-16H,2H2,1H3. The van der Waals surface area contributed by atoms with Gasteiger partial charge >= 0.3 is 0 Å². The molecule has 0 amide bonds. The van der Waals surface area contributed by atoms with Gasteiger partial charge in [0.05, 0.1) is 6.61 Å². The van der Waals surface area contributed by atoms with Gasteiger partial charge in [0.15, 0.2) is 0 Å². The van der Waals surface area contributed by atoms with Crippen molar-refractivity contribution in [3.8, 4) is 5.75 Å². The largest absolute Gasteiger partial charge is 0.494 e. The van der Waals surface area contributed by atoms with E-state index in [2.05, 4.69) is 65.6 Å². The van der Waals surface area contributed by atoms with E-state index in [1.54, 1.807) is 0 Å². The zero-order valence-corrected chi connectivity index (χ0v) is 12.6. The van der Waals surface area contributed by atoms with Crippen LogP contribution < -0.4 is 9.64 Å². The average molecular weight is 289 g/mol. The fourth-order valence-electron chi connectivity index (χ4n) is 2.46. The molecule has 2 nitrogen and oxygen atoms in total. The summed E-state index contributed by atoms with van der Waals surface area (Å²) in [6, 6.07) is 28.9. The van der Waals surface area contributed by atoms with Gasteiger partial charge in [-0.3, -0.25) is 0 Å².